The molecule has 0 amide bonds. The summed E-state index contributed by atoms with van der Waals surface area (Å²) in [4.78, 5) is 11.3. The molecule has 0 spiro atoms. The van der Waals surface area contributed by atoms with Crippen molar-refractivity contribution in [3.05, 3.63) is 0 Å². The highest BCUT2D eigenvalue weighted by atomic mass is 16.5. The van der Waals surface area contributed by atoms with Gasteiger partial charge < -0.3 is 4.74 Å². The molecular weight excluding hydrogens is 188 g/mol. The Kier molecular flexibility index (Phi) is 8.44. The summed E-state index contributed by atoms with van der Waals surface area (Å²) in [6.07, 6.45) is 4.81. The summed E-state index contributed by atoms with van der Waals surface area (Å²) in [6.45, 7) is 9.29. The minimum Gasteiger partial charge on any atom is -0.466 e. The molecule has 0 fully saturated rings. The fraction of sp³-hybridized carbons (Fsp3) is 0.923. The lowest BCUT2D eigenvalue weighted by Gasteiger charge is -2.08. The molecule has 0 aliphatic heterocycles. The van der Waals surface area contributed by atoms with Crippen LogP contribution in [-0.4, -0.2) is 12.6 Å². The van der Waals surface area contributed by atoms with E-state index in [-0.39, 0.29) is 5.97 Å². The van der Waals surface area contributed by atoms with Crippen LogP contribution in [0.5, 0.6) is 0 Å². The van der Waals surface area contributed by atoms with E-state index >= 15 is 0 Å². The van der Waals surface area contributed by atoms with Gasteiger partial charge in [0.15, 0.2) is 0 Å². The summed E-state index contributed by atoms with van der Waals surface area (Å²) in [6, 6.07) is 0. The number of carbonyl (C=O) groups excluding carboxylic acids is 1. The standard InChI is InChI=1S/C13H26O2/c1-5-12(4)8-9-13(14)15-10-6-7-11(2)3/h11-12H,5-10H2,1-4H3. The molecule has 15 heavy (non-hydrogen) atoms. The van der Waals surface area contributed by atoms with Crippen LogP contribution in [0.4, 0.5) is 0 Å². The van der Waals surface area contributed by atoms with E-state index in [0.29, 0.717) is 24.9 Å². The van der Waals surface area contributed by atoms with Gasteiger partial charge in [0.2, 0.25) is 0 Å². The summed E-state index contributed by atoms with van der Waals surface area (Å²) in [7, 11) is 0. The molecule has 90 valence electrons. The van der Waals surface area contributed by atoms with Gasteiger partial charge in [-0.1, -0.05) is 34.1 Å². The van der Waals surface area contributed by atoms with Crippen molar-refractivity contribution in [2.45, 2.75) is 59.8 Å². The van der Waals surface area contributed by atoms with E-state index in [1.807, 2.05) is 0 Å². The molecule has 0 N–H and O–H groups in total. The van der Waals surface area contributed by atoms with Crippen LogP contribution >= 0.6 is 0 Å². The fourth-order valence-electron chi connectivity index (χ4n) is 1.32. The predicted molar refractivity (Wildman–Crippen MR) is 63.7 cm³/mol. The summed E-state index contributed by atoms with van der Waals surface area (Å²) < 4.78 is 5.15. The van der Waals surface area contributed by atoms with Crippen LogP contribution in [0.3, 0.4) is 0 Å². The van der Waals surface area contributed by atoms with Crippen molar-refractivity contribution in [2.75, 3.05) is 6.61 Å². The van der Waals surface area contributed by atoms with E-state index in [0.717, 1.165) is 25.7 Å². The average Bonchev–Trinajstić information content (AvgIpc) is 2.20. The number of rotatable bonds is 8. The molecule has 2 nitrogen and oxygen atoms in total. The second-order valence-corrected chi connectivity index (χ2v) is 4.81. The monoisotopic (exact) mass is 214 g/mol. The molecule has 0 aromatic rings. The molecule has 0 saturated carbocycles. The highest BCUT2D eigenvalue weighted by Gasteiger charge is 2.06. The van der Waals surface area contributed by atoms with Gasteiger partial charge in [-0.05, 0) is 31.1 Å². The van der Waals surface area contributed by atoms with E-state index in [1.165, 1.54) is 0 Å². The van der Waals surface area contributed by atoms with Gasteiger partial charge in [0.1, 0.15) is 0 Å². The van der Waals surface area contributed by atoms with Gasteiger partial charge in [0, 0.05) is 6.42 Å². The highest BCUT2D eigenvalue weighted by molar-refractivity contribution is 5.69. The van der Waals surface area contributed by atoms with Crippen LogP contribution < -0.4 is 0 Å². The van der Waals surface area contributed by atoms with Gasteiger partial charge in [-0.25, -0.2) is 0 Å². The second-order valence-electron chi connectivity index (χ2n) is 4.81. The average molecular weight is 214 g/mol. The van der Waals surface area contributed by atoms with Crippen molar-refractivity contribution < 1.29 is 9.53 Å². The Balaban J connectivity index is 3.34. The lowest BCUT2D eigenvalue weighted by molar-refractivity contribution is -0.144. The number of carbonyl (C=O) groups is 1. The molecule has 0 radical (unpaired) electrons. The van der Waals surface area contributed by atoms with Crippen LogP contribution in [0.15, 0.2) is 0 Å². The van der Waals surface area contributed by atoms with Gasteiger partial charge in [0.25, 0.3) is 0 Å². The van der Waals surface area contributed by atoms with Crippen LogP contribution in [0.25, 0.3) is 0 Å². The van der Waals surface area contributed by atoms with Gasteiger partial charge >= 0.3 is 5.97 Å². The van der Waals surface area contributed by atoms with Gasteiger partial charge in [-0.15, -0.1) is 0 Å². The van der Waals surface area contributed by atoms with E-state index in [2.05, 4.69) is 27.7 Å². The SMILES string of the molecule is CCC(C)CCC(=O)OCCCC(C)C. The zero-order valence-corrected chi connectivity index (χ0v) is 10.7. The van der Waals surface area contributed by atoms with Gasteiger partial charge in [-0.2, -0.15) is 0 Å². The first-order valence-corrected chi connectivity index (χ1v) is 6.21. The Morgan fingerprint density at radius 1 is 1.20 bits per heavy atom. The first-order chi connectivity index (χ1) is 7.06. The Morgan fingerprint density at radius 2 is 1.87 bits per heavy atom. The van der Waals surface area contributed by atoms with Crippen LogP contribution in [-0.2, 0) is 9.53 Å². The van der Waals surface area contributed by atoms with E-state index in [4.69, 9.17) is 4.74 Å². The van der Waals surface area contributed by atoms with Crippen molar-refractivity contribution in [1.82, 2.24) is 0 Å². The van der Waals surface area contributed by atoms with Gasteiger partial charge in [0.05, 0.1) is 6.61 Å². The fourth-order valence-corrected chi connectivity index (χ4v) is 1.32. The topological polar surface area (TPSA) is 26.3 Å². The molecule has 0 aliphatic carbocycles. The van der Waals surface area contributed by atoms with E-state index < -0.39 is 0 Å². The molecule has 0 aromatic heterocycles. The maximum atomic E-state index is 11.3. The van der Waals surface area contributed by atoms with E-state index in [1.54, 1.807) is 0 Å². The smallest absolute Gasteiger partial charge is 0.305 e. The predicted octanol–water partition coefficient (Wildman–Crippen LogP) is 3.79. The quantitative estimate of drug-likeness (QED) is 0.454. The lowest BCUT2D eigenvalue weighted by atomic mass is 10.0. The number of hydrogen-bond donors (Lipinski definition) is 0. The number of ether oxygens (including phenoxy) is 1. The molecule has 1 unspecified atom stereocenters. The minimum atomic E-state index is -0.0287. The minimum absolute atomic E-state index is 0.0287. The molecule has 2 heteroatoms. The third-order valence-corrected chi connectivity index (χ3v) is 2.73. The van der Waals surface area contributed by atoms with Crippen molar-refractivity contribution >= 4 is 5.97 Å². The maximum Gasteiger partial charge on any atom is 0.305 e. The summed E-state index contributed by atoms with van der Waals surface area (Å²) in [5.41, 5.74) is 0. The van der Waals surface area contributed by atoms with Crippen LogP contribution in [0, 0.1) is 11.8 Å². The Hall–Kier alpha value is -0.530. The lowest BCUT2D eigenvalue weighted by Crippen LogP contribution is -2.08. The highest BCUT2D eigenvalue weighted by Crippen LogP contribution is 2.10. The van der Waals surface area contributed by atoms with Gasteiger partial charge in [-0.3, -0.25) is 4.79 Å². The molecular formula is C13H26O2. The molecule has 0 aliphatic rings. The molecule has 1 atom stereocenters. The first kappa shape index (κ1) is 14.5. The third-order valence-electron chi connectivity index (χ3n) is 2.73. The van der Waals surface area contributed by atoms with Crippen molar-refractivity contribution in [3.63, 3.8) is 0 Å². The first-order valence-electron chi connectivity index (χ1n) is 6.21. The largest absolute Gasteiger partial charge is 0.466 e. The Bertz CT molecular complexity index is 164. The van der Waals surface area contributed by atoms with Crippen LogP contribution in [0.1, 0.15) is 59.8 Å². The Morgan fingerprint density at radius 3 is 2.40 bits per heavy atom. The van der Waals surface area contributed by atoms with Crippen molar-refractivity contribution in [2.24, 2.45) is 11.8 Å². The van der Waals surface area contributed by atoms with Crippen molar-refractivity contribution in [1.29, 1.82) is 0 Å². The molecule has 0 rings (SSSR count). The number of esters is 1. The molecule has 0 bridgehead atoms. The van der Waals surface area contributed by atoms with Crippen LogP contribution in [0.2, 0.25) is 0 Å². The molecule has 0 saturated heterocycles. The Labute approximate surface area is 94.4 Å². The normalized spacial score (nSPS) is 12.9. The third kappa shape index (κ3) is 9.77. The summed E-state index contributed by atoms with van der Waals surface area (Å²) in [5.74, 6) is 1.30. The number of hydrogen-bond acceptors (Lipinski definition) is 2. The zero-order chi connectivity index (χ0) is 11.7. The van der Waals surface area contributed by atoms with Crippen molar-refractivity contribution in [3.8, 4) is 0 Å². The second kappa shape index (κ2) is 8.75. The molecule has 0 aromatic carbocycles. The van der Waals surface area contributed by atoms with E-state index in [9.17, 15) is 4.79 Å². The summed E-state index contributed by atoms with van der Waals surface area (Å²) in [5, 5.41) is 0. The zero-order valence-electron chi connectivity index (χ0n) is 10.7. The summed E-state index contributed by atoms with van der Waals surface area (Å²) >= 11 is 0. The molecule has 0 heterocycles. The maximum absolute atomic E-state index is 11.3.